The summed E-state index contributed by atoms with van der Waals surface area (Å²) in [7, 11) is -1.87. The van der Waals surface area contributed by atoms with E-state index in [2.05, 4.69) is 97.1 Å². The molecule has 0 bridgehead atoms. The van der Waals surface area contributed by atoms with E-state index in [1.54, 1.807) is 0 Å². The monoisotopic (exact) mass is 813 g/mol. The van der Waals surface area contributed by atoms with Crippen molar-refractivity contribution in [1.29, 1.82) is 0 Å². The van der Waals surface area contributed by atoms with Crippen LogP contribution in [-0.2, 0) is 29.9 Å². The molecule has 0 saturated carbocycles. The molecule has 0 amide bonds. The van der Waals surface area contributed by atoms with Gasteiger partial charge in [0.2, 0.25) is 0 Å². The molecule has 5 rings (SSSR count). The summed E-state index contributed by atoms with van der Waals surface area (Å²) in [6.45, 7) is 27.1. The summed E-state index contributed by atoms with van der Waals surface area (Å²) in [4.78, 5) is 17.0. The number of aliphatic hydroxyl groups is 1. The second-order valence-corrected chi connectivity index (χ2v) is 19.2. The number of benzene rings is 3. The van der Waals surface area contributed by atoms with Crippen LogP contribution in [0.4, 0.5) is 0 Å². The Kier molecular flexibility index (Phi) is 12.1. The number of carbonyl (C=O) groups is 1. The number of aryl methyl sites for hydroxylation is 4. The Labute approximate surface area is 292 Å². The molecule has 1 radical (unpaired) electrons. The van der Waals surface area contributed by atoms with Crippen LogP contribution in [0.1, 0.15) is 95.0 Å². The van der Waals surface area contributed by atoms with E-state index in [0.29, 0.717) is 0 Å². The Morgan fingerprint density at radius 2 is 1.46 bits per heavy atom. The molecule has 1 aliphatic heterocycles. The molecule has 46 heavy (non-hydrogen) atoms. The number of aliphatic hydroxyl groups excluding tert-OH is 1. The van der Waals surface area contributed by atoms with Gasteiger partial charge in [-0.05, 0) is 68.7 Å². The van der Waals surface area contributed by atoms with Gasteiger partial charge in [0.1, 0.15) is 0 Å². The summed E-state index contributed by atoms with van der Waals surface area (Å²) in [5, 5.41) is 15.2. The summed E-state index contributed by atoms with van der Waals surface area (Å²) < 4.78 is 0. The van der Waals surface area contributed by atoms with Crippen LogP contribution in [0, 0.1) is 45.6 Å². The molecular weight excluding hydrogens is 759 g/mol. The molecule has 1 aromatic heterocycles. The van der Waals surface area contributed by atoms with Crippen molar-refractivity contribution in [2.75, 3.05) is 0 Å². The quantitative estimate of drug-likeness (QED) is 0.0875. The van der Waals surface area contributed by atoms with E-state index in [-0.39, 0.29) is 48.5 Å². The van der Waals surface area contributed by atoms with E-state index >= 15 is 0 Å². The number of aromatic nitrogens is 1. The van der Waals surface area contributed by atoms with Gasteiger partial charge in [0.25, 0.3) is 0 Å². The van der Waals surface area contributed by atoms with Crippen LogP contribution in [0.2, 0.25) is 13.1 Å². The normalized spacial score (nSPS) is 14.9. The Balaban J connectivity index is 0.000000309. The Morgan fingerprint density at radius 3 is 2.04 bits per heavy atom. The SMILES string of the molecule is CCC(CC)C(=O)/C=C(\O)C(CC)CC.Cc1cc2[c-]c3c(c(C)c2cc1C)[Si](C)(C)C(C)(C)c1c-3nc2ccccc2c1C.[Ir]. The van der Waals surface area contributed by atoms with E-state index in [1.165, 1.54) is 60.8 Å². The van der Waals surface area contributed by atoms with Crippen LogP contribution >= 0.6 is 0 Å². The number of hydrogen-bond donors (Lipinski definition) is 1. The van der Waals surface area contributed by atoms with Crippen molar-refractivity contribution < 1.29 is 30.0 Å². The molecule has 0 aliphatic carbocycles. The fourth-order valence-electron chi connectivity index (χ4n) is 7.44. The second-order valence-electron chi connectivity index (χ2n) is 14.2. The van der Waals surface area contributed by atoms with E-state index in [0.717, 1.165) is 36.9 Å². The topological polar surface area (TPSA) is 50.2 Å². The Morgan fingerprint density at radius 1 is 0.891 bits per heavy atom. The molecule has 0 saturated heterocycles. The van der Waals surface area contributed by atoms with Gasteiger partial charge in [-0.2, -0.15) is 0 Å². The van der Waals surface area contributed by atoms with Crippen molar-refractivity contribution in [2.24, 2.45) is 11.8 Å². The maximum Gasteiger partial charge on any atom is 0.162 e. The molecule has 249 valence electrons. The third-order valence-corrected chi connectivity index (χ3v) is 16.5. The van der Waals surface area contributed by atoms with Crippen LogP contribution in [0.3, 0.4) is 0 Å². The molecular formula is C41H54IrNO2Si-. The molecule has 4 aromatic rings. The molecule has 2 heterocycles. The fraction of sp³-hybridized carbons (Fsp3) is 0.463. The van der Waals surface area contributed by atoms with Gasteiger partial charge in [-0.25, -0.2) is 0 Å². The van der Waals surface area contributed by atoms with Crippen LogP contribution in [0.25, 0.3) is 32.9 Å². The molecule has 3 nitrogen and oxygen atoms in total. The van der Waals surface area contributed by atoms with Crippen molar-refractivity contribution in [2.45, 2.75) is 113 Å². The fourth-order valence-corrected chi connectivity index (χ4v) is 10.9. The minimum absolute atomic E-state index is 0. The van der Waals surface area contributed by atoms with Crippen LogP contribution in [0.15, 0.2) is 48.2 Å². The summed E-state index contributed by atoms with van der Waals surface area (Å²) in [5.74, 6) is 0.547. The van der Waals surface area contributed by atoms with Gasteiger partial charge in [0, 0.05) is 49.1 Å². The van der Waals surface area contributed by atoms with E-state index in [4.69, 9.17) is 4.98 Å². The molecule has 3 aromatic carbocycles. The van der Waals surface area contributed by atoms with Crippen molar-refractivity contribution >= 4 is 40.7 Å². The molecule has 5 heteroatoms. The summed E-state index contributed by atoms with van der Waals surface area (Å²) in [6, 6.07) is 17.1. The van der Waals surface area contributed by atoms with Gasteiger partial charge in [-0.15, -0.1) is 28.3 Å². The molecule has 0 spiro atoms. The zero-order valence-electron chi connectivity index (χ0n) is 30.2. The van der Waals surface area contributed by atoms with Gasteiger partial charge in [0.15, 0.2) is 5.78 Å². The molecule has 1 aliphatic rings. The molecule has 0 unspecified atom stereocenters. The first kappa shape index (κ1) is 37.9. The number of rotatable bonds is 7. The number of hydrogen-bond acceptors (Lipinski definition) is 3. The number of fused-ring (bicyclic) bond motifs is 5. The van der Waals surface area contributed by atoms with Crippen molar-refractivity contribution in [3.8, 4) is 11.3 Å². The number of pyridine rings is 1. The van der Waals surface area contributed by atoms with Crippen LogP contribution in [-0.4, -0.2) is 23.9 Å². The zero-order chi connectivity index (χ0) is 33.4. The first-order chi connectivity index (χ1) is 21.2. The van der Waals surface area contributed by atoms with Gasteiger partial charge < -0.3 is 5.11 Å². The van der Waals surface area contributed by atoms with Crippen molar-refractivity contribution in [3.63, 3.8) is 0 Å². The smallest absolute Gasteiger partial charge is 0.162 e. The average molecular weight is 813 g/mol. The molecule has 0 fully saturated rings. The van der Waals surface area contributed by atoms with Gasteiger partial charge >= 0.3 is 0 Å². The molecule has 1 N–H and O–H groups in total. The predicted molar refractivity (Wildman–Crippen MR) is 196 cm³/mol. The second kappa shape index (κ2) is 14.7. The third-order valence-electron chi connectivity index (χ3n) is 11.2. The Hall–Kier alpha value is -2.59. The third kappa shape index (κ3) is 6.57. The summed E-state index contributed by atoms with van der Waals surface area (Å²) in [6.07, 6.45) is 4.91. The van der Waals surface area contributed by atoms with Crippen LogP contribution in [0.5, 0.6) is 0 Å². The van der Waals surface area contributed by atoms with Crippen LogP contribution < -0.4 is 5.19 Å². The maximum absolute atomic E-state index is 11.7. The minimum atomic E-state index is -1.87. The number of allylic oxidation sites excluding steroid dienone is 2. The van der Waals surface area contributed by atoms with E-state index in [1.807, 2.05) is 27.7 Å². The molecule has 0 atom stereocenters. The van der Waals surface area contributed by atoms with Crippen molar-refractivity contribution in [1.82, 2.24) is 4.98 Å². The van der Waals surface area contributed by atoms with Gasteiger partial charge in [-0.1, -0.05) is 108 Å². The first-order valence-corrected chi connectivity index (χ1v) is 20.0. The first-order valence-electron chi connectivity index (χ1n) is 17.0. The van der Waals surface area contributed by atoms with Crippen molar-refractivity contribution in [3.05, 3.63) is 82.1 Å². The maximum atomic E-state index is 11.7. The van der Waals surface area contributed by atoms with Gasteiger partial charge in [0.05, 0.1) is 19.3 Å². The number of ketones is 1. The number of nitrogens with zero attached hydrogens (tertiary/aromatic N) is 1. The Bertz CT molecular complexity index is 1780. The summed E-state index contributed by atoms with van der Waals surface area (Å²) >= 11 is 0. The minimum Gasteiger partial charge on any atom is -0.512 e. The summed E-state index contributed by atoms with van der Waals surface area (Å²) in [5.41, 5.74) is 10.4. The standard InChI is InChI=1S/C28H30NSi.C13H24O2.Ir/c1-16-13-20-15-23-26-25(18(3)21-11-9-10-12-24(21)29-26)28(5,6)30(7,8)27(23)19(4)22(20)14-17(16)2;1-5-10(6-2)12(14)9-13(15)11(7-3)8-4;/h9-14H,1-8H3;9-11,14H,5-8H2,1-4H3;/q-1;;/b;12-9-;. The van der Waals surface area contributed by atoms with E-state index in [9.17, 15) is 9.90 Å². The zero-order valence-corrected chi connectivity index (χ0v) is 33.6. The average Bonchev–Trinajstić information content (AvgIpc) is 2.98. The largest absolute Gasteiger partial charge is 0.512 e. The van der Waals surface area contributed by atoms with E-state index < -0.39 is 8.07 Å². The van der Waals surface area contributed by atoms with Gasteiger partial charge in [-0.3, -0.25) is 9.78 Å². The predicted octanol–water partition coefficient (Wildman–Crippen LogP) is 10.7. The number of carbonyl (C=O) groups excluding carboxylic acids is 1. The number of para-hydroxylation sites is 1.